The first-order chi connectivity index (χ1) is 11.4. The molecule has 1 aliphatic rings. The third-order valence-corrected chi connectivity index (χ3v) is 6.15. The Morgan fingerprint density at radius 3 is 2.62 bits per heavy atom. The number of hydrogen-bond acceptors (Lipinski definition) is 4. The summed E-state index contributed by atoms with van der Waals surface area (Å²) in [7, 11) is -0.360. The molecule has 2 aromatic rings. The zero-order valence-electron chi connectivity index (χ0n) is 13.6. The number of sulfonamides is 1. The van der Waals surface area contributed by atoms with E-state index in [0.717, 1.165) is 5.56 Å². The maximum Gasteiger partial charge on any atom is 0.268 e. The molecule has 0 fully saturated rings. The van der Waals surface area contributed by atoms with Gasteiger partial charge >= 0.3 is 0 Å². The predicted octanol–water partition coefficient (Wildman–Crippen LogP) is 2.99. The quantitative estimate of drug-likeness (QED) is 0.838. The molecular formula is C17H19ClN2O3S. The zero-order chi connectivity index (χ0) is 17.3. The van der Waals surface area contributed by atoms with Crippen molar-refractivity contribution in [2.45, 2.75) is 11.4 Å². The molecule has 24 heavy (non-hydrogen) atoms. The fraction of sp³-hybridized carbons (Fsp3) is 0.294. The topological polar surface area (TPSA) is 49.9 Å². The van der Waals surface area contributed by atoms with E-state index in [0.29, 0.717) is 30.3 Å². The van der Waals surface area contributed by atoms with E-state index in [1.54, 1.807) is 12.1 Å². The molecule has 2 aromatic carbocycles. The standard InChI is InChI=1S/C17H19ClN2O3S/c1-19-9-10-20(15-6-4-3-5-13(15)12-19)24(21,22)17-11-14(18)7-8-16(17)23-2/h3-8,11H,9-10,12H2,1-2H3. The van der Waals surface area contributed by atoms with E-state index in [1.807, 2.05) is 31.3 Å². The molecule has 0 atom stereocenters. The number of benzene rings is 2. The number of nitrogens with zero attached hydrogens (tertiary/aromatic N) is 2. The van der Waals surface area contributed by atoms with Gasteiger partial charge in [-0.25, -0.2) is 8.42 Å². The molecule has 1 aliphatic heterocycles. The summed E-state index contributed by atoms with van der Waals surface area (Å²) in [6.45, 7) is 1.71. The van der Waals surface area contributed by atoms with E-state index >= 15 is 0 Å². The van der Waals surface area contributed by atoms with Crippen LogP contribution in [0.3, 0.4) is 0 Å². The normalized spacial score (nSPS) is 15.7. The van der Waals surface area contributed by atoms with Gasteiger partial charge in [-0.2, -0.15) is 0 Å². The first-order valence-electron chi connectivity index (χ1n) is 7.56. The van der Waals surface area contributed by atoms with Crippen molar-refractivity contribution in [3.63, 3.8) is 0 Å². The monoisotopic (exact) mass is 366 g/mol. The fourth-order valence-corrected chi connectivity index (χ4v) is 4.77. The smallest absolute Gasteiger partial charge is 0.268 e. The number of anilines is 1. The van der Waals surface area contributed by atoms with Crippen molar-refractivity contribution in [1.29, 1.82) is 0 Å². The largest absolute Gasteiger partial charge is 0.495 e. The highest BCUT2D eigenvalue weighted by Gasteiger charge is 2.31. The third kappa shape index (κ3) is 3.09. The molecule has 0 aromatic heterocycles. The van der Waals surface area contributed by atoms with E-state index in [4.69, 9.17) is 16.3 Å². The van der Waals surface area contributed by atoms with Gasteiger partial charge in [-0.15, -0.1) is 0 Å². The van der Waals surface area contributed by atoms with E-state index < -0.39 is 10.0 Å². The van der Waals surface area contributed by atoms with E-state index in [-0.39, 0.29) is 10.6 Å². The van der Waals surface area contributed by atoms with Crippen LogP contribution in [0.25, 0.3) is 0 Å². The Morgan fingerprint density at radius 1 is 1.12 bits per heavy atom. The van der Waals surface area contributed by atoms with Crippen LogP contribution >= 0.6 is 11.6 Å². The average Bonchev–Trinajstić information content (AvgIpc) is 2.73. The first-order valence-corrected chi connectivity index (χ1v) is 9.38. The van der Waals surface area contributed by atoms with Crippen LogP contribution in [-0.4, -0.2) is 40.6 Å². The highest BCUT2D eigenvalue weighted by molar-refractivity contribution is 7.93. The summed E-state index contributed by atoms with van der Waals surface area (Å²) in [4.78, 5) is 2.18. The third-order valence-electron chi connectivity index (χ3n) is 4.08. The number of halogens is 1. The molecule has 128 valence electrons. The van der Waals surface area contributed by atoms with Crippen molar-refractivity contribution in [1.82, 2.24) is 4.90 Å². The number of fused-ring (bicyclic) bond motifs is 1. The number of para-hydroxylation sites is 1. The molecule has 7 heteroatoms. The Balaban J connectivity index is 2.15. The minimum absolute atomic E-state index is 0.0804. The Morgan fingerprint density at radius 2 is 1.88 bits per heavy atom. The van der Waals surface area contributed by atoms with Crippen molar-refractivity contribution in [3.05, 3.63) is 53.1 Å². The summed E-state index contributed by atoms with van der Waals surface area (Å²) < 4.78 is 33.3. The van der Waals surface area contributed by atoms with Crippen LogP contribution in [0, 0.1) is 0 Å². The van der Waals surface area contributed by atoms with Gasteiger partial charge in [0.2, 0.25) is 0 Å². The molecule has 0 saturated heterocycles. The van der Waals surface area contributed by atoms with Gasteiger partial charge in [-0.3, -0.25) is 4.31 Å². The summed E-state index contributed by atoms with van der Waals surface area (Å²) in [6.07, 6.45) is 0. The van der Waals surface area contributed by atoms with Gasteiger partial charge in [-0.05, 0) is 36.9 Å². The van der Waals surface area contributed by atoms with Crippen LogP contribution in [0.4, 0.5) is 5.69 Å². The molecule has 5 nitrogen and oxygen atoms in total. The second-order valence-corrected chi connectivity index (χ2v) is 8.01. The van der Waals surface area contributed by atoms with Crippen LogP contribution in [0.1, 0.15) is 5.56 Å². The van der Waals surface area contributed by atoms with E-state index in [2.05, 4.69) is 4.90 Å². The Kier molecular flexibility index (Phi) is 4.71. The molecule has 0 bridgehead atoms. The van der Waals surface area contributed by atoms with Crippen LogP contribution in [0.5, 0.6) is 5.75 Å². The molecule has 0 unspecified atom stereocenters. The molecule has 3 rings (SSSR count). The lowest BCUT2D eigenvalue weighted by Gasteiger charge is -2.25. The maximum absolute atomic E-state index is 13.3. The van der Waals surface area contributed by atoms with Gasteiger partial charge in [-0.1, -0.05) is 29.8 Å². The second kappa shape index (κ2) is 6.63. The molecular weight excluding hydrogens is 348 g/mol. The fourth-order valence-electron chi connectivity index (χ4n) is 2.86. The first kappa shape index (κ1) is 17.1. The van der Waals surface area contributed by atoms with Crippen LogP contribution in [0.2, 0.25) is 5.02 Å². The summed E-state index contributed by atoms with van der Waals surface area (Å²) in [5.74, 6) is 0.287. The van der Waals surface area contributed by atoms with Crippen molar-refractivity contribution in [2.24, 2.45) is 0 Å². The van der Waals surface area contributed by atoms with Gasteiger partial charge < -0.3 is 9.64 Å². The predicted molar refractivity (Wildman–Crippen MR) is 95.3 cm³/mol. The lowest BCUT2D eigenvalue weighted by Crippen LogP contribution is -2.35. The number of rotatable bonds is 3. The molecule has 0 amide bonds. The van der Waals surface area contributed by atoms with Crippen molar-refractivity contribution >= 4 is 27.3 Å². The van der Waals surface area contributed by atoms with E-state index in [1.165, 1.54) is 17.5 Å². The van der Waals surface area contributed by atoms with Gasteiger partial charge in [0, 0.05) is 24.7 Å². The second-order valence-electron chi connectivity index (χ2n) is 5.74. The molecule has 0 spiro atoms. The van der Waals surface area contributed by atoms with Crippen molar-refractivity contribution < 1.29 is 13.2 Å². The number of methoxy groups -OCH3 is 1. The van der Waals surface area contributed by atoms with E-state index in [9.17, 15) is 8.42 Å². The SMILES string of the molecule is COc1ccc(Cl)cc1S(=O)(=O)N1CCN(C)Cc2ccccc21. The van der Waals surface area contributed by atoms with Crippen LogP contribution < -0.4 is 9.04 Å². The Hall–Kier alpha value is -1.76. The summed E-state index contributed by atoms with van der Waals surface area (Å²) in [5.41, 5.74) is 1.67. The number of ether oxygens (including phenoxy) is 1. The zero-order valence-corrected chi connectivity index (χ0v) is 15.1. The van der Waals surface area contributed by atoms with Gasteiger partial charge in [0.15, 0.2) is 0 Å². The Bertz CT molecular complexity index is 855. The number of likely N-dealkylation sites (N-methyl/N-ethyl adjacent to an activating group) is 1. The summed E-state index contributed by atoms with van der Waals surface area (Å²) in [6, 6.07) is 12.2. The average molecular weight is 367 g/mol. The van der Waals surface area contributed by atoms with Crippen molar-refractivity contribution in [2.75, 3.05) is 31.6 Å². The van der Waals surface area contributed by atoms with Gasteiger partial charge in [0.05, 0.1) is 12.8 Å². The maximum atomic E-state index is 13.3. The molecule has 0 radical (unpaired) electrons. The van der Waals surface area contributed by atoms with Crippen LogP contribution in [0.15, 0.2) is 47.4 Å². The summed E-state index contributed by atoms with van der Waals surface area (Å²) in [5, 5.41) is 0.356. The highest BCUT2D eigenvalue weighted by Crippen LogP contribution is 2.34. The summed E-state index contributed by atoms with van der Waals surface area (Å²) >= 11 is 6.03. The van der Waals surface area contributed by atoms with Gasteiger partial charge in [0.25, 0.3) is 10.0 Å². The molecule has 0 aliphatic carbocycles. The molecule has 0 N–H and O–H groups in total. The molecule has 1 heterocycles. The minimum Gasteiger partial charge on any atom is -0.495 e. The molecule has 0 saturated carbocycles. The highest BCUT2D eigenvalue weighted by atomic mass is 35.5. The van der Waals surface area contributed by atoms with Crippen LogP contribution in [-0.2, 0) is 16.6 Å². The minimum atomic E-state index is -3.79. The lowest BCUT2D eigenvalue weighted by atomic mass is 10.2. The van der Waals surface area contributed by atoms with Crippen molar-refractivity contribution in [3.8, 4) is 5.75 Å². The number of hydrogen-bond donors (Lipinski definition) is 0. The Labute approximate surface area is 147 Å². The lowest BCUT2D eigenvalue weighted by molar-refractivity contribution is 0.344. The van der Waals surface area contributed by atoms with Gasteiger partial charge in [0.1, 0.15) is 10.6 Å².